The van der Waals surface area contributed by atoms with Gasteiger partial charge in [0.2, 0.25) is 0 Å². The van der Waals surface area contributed by atoms with Crippen LogP contribution in [0, 0.1) is 0 Å². The lowest BCUT2D eigenvalue weighted by atomic mass is 9.87. The molecule has 1 aromatic heterocycles. The summed E-state index contributed by atoms with van der Waals surface area (Å²) in [6.45, 7) is 7.63. The molecule has 2 aromatic rings. The van der Waals surface area contributed by atoms with Crippen LogP contribution >= 0.6 is 0 Å². The third-order valence-corrected chi connectivity index (χ3v) is 3.22. The zero-order valence-electron chi connectivity index (χ0n) is 12.0. The predicted octanol–water partition coefficient (Wildman–Crippen LogP) is 4.03. The van der Waals surface area contributed by atoms with Crippen LogP contribution in [0.15, 0.2) is 48.8 Å². The van der Waals surface area contributed by atoms with E-state index in [1.54, 1.807) is 0 Å². The van der Waals surface area contributed by atoms with Gasteiger partial charge in [-0.05, 0) is 41.2 Å². The standard InChI is InChI=1S/C17H22N2/c1-17(2,3)15-6-8-16(9-7-15)19-12-10-14-5-4-11-18-13-14/h4-9,11,13,19H,10,12H2,1-3H3. The van der Waals surface area contributed by atoms with E-state index in [0.717, 1.165) is 13.0 Å². The van der Waals surface area contributed by atoms with Crippen molar-refractivity contribution in [3.05, 3.63) is 59.9 Å². The molecule has 0 aliphatic rings. The van der Waals surface area contributed by atoms with Crippen LogP contribution in [-0.2, 0) is 11.8 Å². The van der Waals surface area contributed by atoms with Gasteiger partial charge in [-0.2, -0.15) is 0 Å². The zero-order valence-corrected chi connectivity index (χ0v) is 12.0. The molecule has 1 heterocycles. The van der Waals surface area contributed by atoms with Gasteiger partial charge in [0.05, 0.1) is 0 Å². The fourth-order valence-corrected chi connectivity index (χ4v) is 1.99. The topological polar surface area (TPSA) is 24.9 Å². The van der Waals surface area contributed by atoms with E-state index in [4.69, 9.17) is 0 Å². The molecular formula is C17H22N2. The lowest BCUT2D eigenvalue weighted by Crippen LogP contribution is -2.11. The molecule has 1 aromatic carbocycles. The maximum absolute atomic E-state index is 4.12. The summed E-state index contributed by atoms with van der Waals surface area (Å²) in [6.07, 6.45) is 4.72. The molecule has 0 unspecified atom stereocenters. The van der Waals surface area contributed by atoms with Gasteiger partial charge in [0.15, 0.2) is 0 Å². The second-order valence-corrected chi connectivity index (χ2v) is 5.87. The van der Waals surface area contributed by atoms with E-state index in [0.29, 0.717) is 0 Å². The maximum atomic E-state index is 4.12. The van der Waals surface area contributed by atoms with E-state index in [2.05, 4.69) is 61.4 Å². The van der Waals surface area contributed by atoms with Crippen molar-refractivity contribution in [3.63, 3.8) is 0 Å². The van der Waals surface area contributed by atoms with Gasteiger partial charge in [-0.25, -0.2) is 0 Å². The molecule has 0 spiro atoms. The summed E-state index contributed by atoms with van der Waals surface area (Å²) >= 11 is 0. The van der Waals surface area contributed by atoms with E-state index in [-0.39, 0.29) is 5.41 Å². The molecule has 2 nitrogen and oxygen atoms in total. The molecule has 0 saturated heterocycles. The molecule has 0 radical (unpaired) electrons. The van der Waals surface area contributed by atoms with Crippen molar-refractivity contribution in [2.75, 3.05) is 11.9 Å². The van der Waals surface area contributed by atoms with Crippen molar-refractivity contribution in [3.8, 4) is 0 Å². The average Bonchev–Trinajstić information content (AvgIpc) is 2.39. The monoisotopic (exact) mass is 254 g/mol. The zero-order chi connectivity index (χ0) is 13.7. The van der Waals surface area contributed by atoms with Crippen LogP contribution < -0.4 is 5.32 Å². The number of pyridine rings is 1. The highest BCUT2D eigenvalue weighted by Gasteiger charge is 2.12. The van der Waals surface area contributed by atoms with Crippen LogP contribution in [0.5, 0.6) is 0 Å². The van der Waals surface area contributed by atoms with Gasteiger partial charge in [0.25, 0.3) is 0 Å². The van der Waals surface area contributed by atoms with E-state index in [1.807, 2.05) is 18.5 Å². The summed E-state index contributed by atoms with van der Waals surface area (Å²) in [5.41, 5.74) is 4.03. The number of nitrogens with one attached hydrogen (secondary N) is 1. The number of nitrogens with zero attached hydrogens (tertiary/aromatic N) is 1. The van der Waals surface area contributed by atoms with E-state index >= 15 is 0 Å². The van der Waals surface area contributed by atoms with Crippen molar-refractivity contribution >= 4 is 5.69 Å². The molecule has 2 rings (SSSR count). The van der Waals surface area contributed by atoms with Crippen molar-refractivity contribution < 1.29 is 0 Å². The Labute approximate surface area is 115 Å². The van der Waals surface area contributed by atoms with E-state index in [1.165, 1.54) is 16.8 Å². The Bertz CT molecular complexity index is 495. The third-order valence-electron chi connectivity index (χ3n) is 3.22. The number of hydrogen-bond donors (Lipinski definition) is 1. The third kappa shape index (κ3) is 4.09. The maximum Gasteiger partial charge on any atom is 0.0340 e. The molecule has 0 saturated carbocycles. The summed E-state index contributed by atoms with van der Waals surface area (Å²) < 4.78 is 0. The number of rotatable bonds is 4. The van der Waals surface area contributed by atoms with Crippen molar-refractivity contribution in [2.24, 2.45) is 0 Å². The summed E-state index contributed by atoms with van der Waals surface area (Å²) in [4.78, 5) is 4.12. The Morgan fingerprint density at radius 1 is 1.05 bits per heavy atom. The highest BCUT2D eigenvalue weighted by Crippen LogP contribution is 2.23. The highest BCUT2D eigenvalue weighted by molar-refractivity contribution is 5.45. The lowest BCUT2D eigenvalue weighted by molar-refractivity contribution is 0.590. The second-order valence-electron chi connectivity index (χ2n) is 5.87. The molecule has 19 heavy (non-hydrogen) atoms. The van der Waals surface area contributed by atoms with Gasteiger partial charge >= 0.3 is 0 Å². The smallest absolute Gasteiger partial charge is 0.0340 e. The fraction of sp³-hybridized carbons (Fsp3) is 0.353. The van der Waals surface area contributed by atoms with E-state index in [9.17, 15) is 0 Å². The van der Waals surface area contributed by atoms with Gasteiger partial charge in [-0.3, -0.25) is 4.98 Å². The lowest BCUT2D eigenvalue weighted by Gasteiger charge is -2.19. The molecular weight excluding hydrogens is 232 g/mol. The summed E-state index contributed by atoms with van der Waals surface area (Å²) in [5, 5.41) is 3.44. The van der Waals surface area contributed by atoms with Crippen molar-refractivity contribution in [2.45, 2.75) is 32.6 Å². The highest BCUT2D eigenvalue weighted by atomic mass is 14.9. The first-order valence-electron chi connectivity index (χ1n) is 6.79. The second kappa shape index (κ2) is 5.87. The van der Waals surface area contributed by atoms with Gasteiger partial charge in [-0.15, -0.1) is 0 Å². The van der Waals surface area contributed by atoms with Crippen LogP contribution in [0.2, 0.25) is 0 Å². The quantitative estimate of drug-likeness (QED) is 0.891. The molecule has 0 aliphatic heterocycles. The molecule has 0 amide bonds. The minimum atomic E-state index is 0.217. The van der Waals surface area contributed by atoms with Crippen LogP contribution in [0.1, 0.15) is 31.9 Å². The Balaban J connectivity index is 1.87. The minimum absolute atomic E-state index is 0.217. The first-order valence-corrected chi connectivity index (χ1v) is 6.79. The summed E-state index contributed by atoms with van der Waals surface area (Å²) in [5.74, 6) is 0. The molecule has 1 N–H and O–H groups in total. The SMILES string of the molecule is CC(C)(C)c1ccc(NCCc2cccnc2)cc1. The first kappa shape index (κ1) is 13.6. The van der Waals surface area contributed by atoms with Gasteiger partial charge in [-0.1, -0.05) is 39.0 Å². The molecule has 100 valence electrons. The largest absolute Gasteiger partial charge is 0.385 e. The van der Waals surface area contributed by atoms with E-state index < -0.39 is 0 Å². The Morgan fingerprint density at radius 3 is 2.37 bits per heavy atom. The number of hydrogen-bond acceptors (Lipinski definition) is 2. The van der Waals surface area contributed by atoms with Crippen molar-refractivity contribution in [1.29, 1.82) is 0 Å². The summed E-state index contributed by atoms with van der Waals surface area (Å²) in [6, 6.07) is 12.8. The fourth-order valence-electron chi connectivity index (χ4n) is 1.99. The van der Waals surface area contributed by atoms with Gasteiger partial charge in [0, 0.05) is 24.6 Å². The number of aromatic nitrogens is 1. The number of anilines is 1. The average molecular weight is 254 g/mol. The minimum Gasteiger partial charge on any atom is -0.385 e. The van der Waals surface area contributed by atoms with Gasteiger partial charge in [0.1, 0.15) is 0 Å². The van der Waals surface area contributed by atoms with Crippen LogP contribution in [-0.4, -0.2) is 11.5 Å². The van der Waals surface area contributed by atoms with Gasteiger partial charge < -0.3 is 5.32 Å². The molecule has 0 aliphatic carbocycles. The molecule has 2 heteroatoms. The van der Waals surface area contributed by atoms with Crippen LogP contribution in [0.3, 0.4) is 0 Å². The first-order chi connectivity index (χ1) is 9.05. The summed E-state index contributed by atoms with van der Waals surface area (Å²) in [7, 11) is 0. The molecule has 0 fully saturated rings. The van der Waals surface area contributed by atoms with Crippen LogP contribution in [0.25, 0.3) is 0 Å². The predicted molar refractivity (Wildman–Crippen MR) is 81.6 cm³/mol. The normalized spacial score (nSPS) is 11.3. The molecule has 0 atom stereocenters. The molecule has 0 bridgehead atoms. The Kier molecular flexibility index (Phi) is 4.20. The Hall–Kier alpha value is -1.83. The number of benzene rings is 1. The van der Waals surface area contributed by atoms with Crippen molar-refractivity contribution in [1.82, 2.24) is 4.98 Å². The Morgan fingerprint density at radius 2 is 1.79 bits per heavy atom. The van der Waals surface area contributed by atoms with Crippen LogP contribution in [0.4, 0.5) is 5.69 Å².